The average molecular weight is 302 g/mol. The van der Waals surface area contributed by atoms with Crippen LogP contribution in [0.3, 0.4) is 0 Å². The van der Waals surface area contributed by atoms with E-state index in [1.165, 1.54) is 12.1 Å². The first-order valence-corrected chi connectivity index (χ1v) is 6.69. The van der Waals surface area contributed by atoms with Crippen LogP contribution in [0.5, 0.6) is 0 Å². The number of carbonyl (C=O) groups is 1. The normalized spacial score (nSPS) is 17.1. The summed E-state index contributed by atoms with van der Waals surface area (Å²) >= 11 is 0. The molecule has 1 saturated heterocycles. The minimum atomic E-state index is -4.45. The van der Waals surface area contributed by atoms with Crippen LogP contribution in [0.4, 0.5) is 13.2 Å². The lowest BCUT2D eigenvalue weighted by Crippen LogP contribution is -2.44. The van der Waals surface area contributed by atoms with E-state index in [4.69, 9.17) is 0 Å². The fourth-order valence-electron chi connectivity index (χ4n) is 2.08. The molecule has 7 heteroatoms. The molecule has 1 heterocycles. The maximum absolute atomic E-state index is 12.6. The van der Waals surface area contributed by atoms with E-state index < -0.39 is 17.8 Å². The third-order valence-electron chi connectivity index (χ3n) is 3.43. The summed E-state index contributed by atoms with van der Waals surface area (Å²) in [4.78, 5) is 11.6. The number of nitrogens with one attached hydrogen (secondary N) is 2. The third kappa shape index (κ3) is 4.44. The molecule has 0 spiro atoms. The Kier molecular flexibility index (Phi) is 4.84. The van der Waals surface area contributed by atoms with Crippen molar-refractivity contribution in [3.63, 3.8) is 0 Å². The molecule has 1 atom stereocenters. The first kappa shape index (κ1) is 15.8. The SMILES string of the molecule is O=C(CC1CNC1)NCC(O)c1cccc(C(F)(F)F)c1. The van der Waals surface area contributed by atoms with E-state index in [0.29, 0.717) is 12.3 Å². The molecule has 1 fully saturated rings. The molecule has 2 rings (SSSR count). The fraction of sp³-hybridized carbons (Fsp3) is 0.500. The van der Waals surface area contributed by atoms with Crippen LogP contribution in [0.15, 0.2) is 24.3 Å². The third-order valence-corrected chi connectivity index (χ3v) is 3.43. The second kappa shape index (κ2) is 6.44. The van der Waals surface area contributed by atoms with Crippen LogP contribution in [0.1, 0.15) is 23.7 Å². The molecular formula is C14H17F3N2O2. The minimum absolute atomic E-state index is 0.0969. The zero-order valence-electron chi connectivity index (χ0n) is 11.3. The number of aliphatic hydroxyl groups excluding tert-OH is 1. The van der Waals surface area contributed by atoms with E-state index in [1.54, 1.807) is 0 Å². The van der Waals surface area contributed by atoms with Crippen molar-refractivity contribution in [2.45, 2.75) is 18.7 Å². The molecule has 1 aliphatic heterocycles. The zero-order chi connectivity index (χ0) is 15.5. The molecule has 1 aromatic carbocycles. The molecule has 0 bridgehead atoms. The van der Waals surface area contributed by atoms with Gasteiger partial charge in [-0.25, -0.2) is 0 Å². The molecule has 1 aromatic rings. The van der Waals surface area contributed by atoms with Gasteiger partial charge in [-0.2, -0.15) is 13.2 Å². The highest BCUT2D eigenvalue weighted by Gasteiger charge is 2.30. The lowest BCUT2D eigenvalue weighted by molar-refractivity contribution is -0.137. The predicted octanol–water partition coefficient (Wildman–Crippen LogP) is 1.46. The monoisotopic (exact) mass is 302 g/mol. The number of aliphatic hydroxyl groups is 1. The van der Waals surface area contributed by atoms with Crippen molar-refractivity contribution in [2.24, 2.45) is 5.92 Å². The van der Waals surface area contributed by atoms with Gasteiger partial charge in [0.05, 0.1) is 11.7 Å². The summed E-state index contributed by atoms with van der Waals surface area (Å²) in [6.45, 7) is 1.49. The van der Waals surface area contributed by atoms with Crippen LogP contribution in [-0.4, -0.2) is 30.6 Å². The number of amides is 1. The number of rotatable bonds is 5. The number of halogens is 3. The van der Waals surface area contributed by atoms with Crippen molar-refractivity contribution in [2.75, 3.05) is 19.6 Å². The second-order valence-electron chi connectivity index (χ2n) is 5.17. The first-order valence-electron chi connectivity index (χ1n) is 6.69. The molecule has 1 aliphatic rings. The van der Waals surface area contributed by atoms with Gasteiger partial charge in [0.2, 0.25) is 5.91 Å². The van der Waals surface area contributed by atoms with Gasteiger partial charge >= 0.3 is 6.18 Å². The molecule has 0 aliphatic carbocycles. The number of alkyl halides is 3. The number of hydrogen-bond donors (Lipinski definition) is 3. The van der Waals surface area contributed by atoms with Gasteiger partial charge in [-0.05, 0) is 36.7 Å². The van der Waals surface area contributed by atoms with E-state index >= 15 is 0 Å². The van der Waals surface area contributed by atoms with E-state index in [9.17, 15) is 23.1 Å². The predicted molar refractivity (Wildman–Crippen MR) is 70.4 cm³/mol. The standard InChI is InChI=1S/C14H17F3N2O2/c15-14(16,17)11-3-1-2-10(5-11)12(20)8-19-13(21)4-9-6-18-7-9/h1-3,5,9,12,18,20H,4,6-8H2,(H,19,21). The Labute approximate surface area is 120 Å². The minimum Gasteiger partial charge on any atom is -0.387 e. The van der Waals surface area contributed by atoms with Crippen LogP contribution in [0.25, 0.3) is 0 Å². The van der Waals surface area contributed by atoms with E-state index in [-0.39, 0.29) is 18.0 Å². The van der Waals surface area contributed by atoms with E-state index in [1.807, 2.05) is 0 Å². The van der Waals surface area contributed by atoms with Gasteiger partial charge < -0.3 is 15.7 Å². The topological polar surface area (TPSA) is 61.4 Å². The Morgan fingerprint density at radius 1 is 1.43 bits per heavy atom. The molecule has 0 aromatic heterocycles. The van der Waals surface area contributed by atoms with Gasteiger partial charge in [0, 0.05) is 13.0 Å². The zero-order valence-corrected chi connectivity index (χ0v) is 11.3. The number of hydrogen-bond acceptors (Lipinski definition) is 3. The molecule has 0 radical (unpaired) electrons. The highest BCUT2D eigenvalue weighted by Crippen LogP contribution is 2.30. The molecule has 1 unspecified atom stereocenters. The van der Waals surface area contributed by atoms with Crippen molar-refractivity contribution in [3.8, 4) is 0 Å². The van der Waals surface area contributed by atoms with Gasteiger partial charge in [-0.1, -0.05) is 12.1 Å². The molecular weight excluding hydrogens is 285 g/mol. The Morgan fingerprint density at radius 2 is 2.14 bits per heavy atom. The maximum atomic E-state index is 12.6. The van der Waals surface area contributed by atoms with E-state index in [2.05, 4.69) is 10.6 Å². The molecule has 21 heavy (non-hydrogen) atoms. The Bertz CT molecular complexity index is 501. The average Bonchev–Trinajstić information content (AvgIpc) is 2.39. The summed E-state index contributed by atoms with van der Waals surface area (Å²) in [6, 6.07) is 4.48. The highest BCUT2D eigenvalue weighted by molar-refractivity contribution is 5.76. The molecule has 116 valence electrons. The smallest absolute Gasteiger partial charge is 0.387 e. The van der Waals surface area contributed by atoms with E-state index in [0.717, 1.165) is 25.2 Å². The van der Waals surface area contributed by atoms with Gasteiger partial charge in [0.25, 0.3) is 0 Å². The van der Waals surface area contributed by atoms with Crippen LogP contribution < -0.4 is 10.6 Å². The van der Waals surface area contributed by atoms with Crippen molar-refractivity contribution >= 4 is 5.91 Å². The summed E-state index contributed by atoms with van der Waals surface area (Å²) in [5.41, 5.74) is -0.679. The Balaban J connectivity index is 1.87. The van der Waals surface area contributed by atoms with Crippen molar-refractivity contribution in [3.05, 3.63) is 35.4 Å². The summed E-state index contributed by atoms with van der Waals surface area (Å²) in [5.74, 6) is 0.100. The summed E-state index contributed by atoms with van der Waals surface area (Å²) in [5, 5.41) is 15.5. The van der Waals surface area contributed by atoms with Crippen LogP contribution in [-0.2, 0) is 11.0 Å². The number of benzene rings is 1. The quantitative estimate of drug-likeness (QED) is 0.772. The summed E-state index contributed by atoms with van der Waals surface area (Å²) < 4.78 is 37.7. The van der Waals surface area contributed by atoms with Gasteiger partial charge in [0.15, 0.2) is 0 Å². The molecule has 3 N–H and O–H groups in total. The Hall–Kier alpha value is -1.60. The van der Waals surface area contributed by atoms with Crippen molar-refractivity contribution in [1.29, 1.82) is 0 Å². The van der Waals surface area contributed by atoms with Crippen LogP contribution in [0, 0.1) is 5.92 Å². The van der Waals surface area contributed by atoms with Gasteiger partial charge in [0.1, 0.15) is 0 Å². The van der Waals surface area contributed by atoms with Crippen molar-refractivity contribution < 1.29 is 23.1 Å². The second-order valence-corrected chi connectivity index (χ2v) is 5.17. The fourth-order valence-corrected chi connectivity index (χ4v) is 2.08. The molecule has 4 nitrogen and oxygen atoms in total. The maximum Gasteiger partial charge on any atom is 0.416 e. The molecule has 0 saturated carbocycles. The van der Waals surface area contributed by atoms with Gasteiger partial charge in [-0.3, -0.25) is 4.79 Å². The van der Waals surface area contributed by atoms with Gasteiger partial charge in [-0.15, -0.1) is 0 Å². The number of carbonyl (C=O) groups excluding carboxylic acids is 1. The summed E-state index contributed by atoms with van der Waals surface area (Å²) in [7, 11) is 0. The largest absolute Gasteiger partial charge is 0.416 e. The Morgan fingerprint density at radius 3 is 2.71 bits per heavy atom. The van der Waals surface area contributed by atoms with Crippen molar-refractivity contribution in [1.82, 2.24) is 10.6 Å². The van der Waals surface area contributed by atoms with Crippen LogP contribution in [0.2, 0.25) is 0 Å². The lowest BCUT2D eigenvalue weighted by Gasteiger charge is -2.26. The first-order chi connectivity index (χ1) is 9.86. The van der Waals surface area contributed by atoms with Crippen LogP contribution >= 0.6 is 0 Å². The molecule has 1 amide bonds. The lowest BCUT2D eigenvalue weighted by atomic mass is 9.99. The summed E-state index contributed by atoms with van der Waals surface area (Å²) in [6.07, 6.45) is -5.24. The highest BCUT2D eigenvalue weighted by atomic mass is 19.4.